The molecular formula is C18H27NO3. The largest absolute Gasteiger partial charge is 0.444 e. The van der Waals surface area contributed by atoms with E-state index in [1.54, 1.807) is 0 Å². The molecule has 4 nitrogen and oxygen atoms in total. The van der Waals surface area contributed by atoms with E-state index in [4.69, 9.17) is 4.74 Å². The number of amides is 1. The molecule has 1 aliphatic carbocycles. The van der Waals surface area contributed by atoms with Gasteiger partial charge in [-0.25, -0.2) is 4.79 Å². The quantitative estimate of drug-likeness (QED) is 0.740. The van der Waals surface area contributed by atoms with E-state index in [0.717, 1.165) is 25.9 Å². The molecule has 0 bridgehead atoms. The summed E-state index contributed by atoms with van der Waals surface area (Å²) >= 11 is 0. The number of hydrogen-bond donors (Lipinski definition) is 0. The van der Waals surface area contributed by atoms with Gasteiger partial charge in [0.1, 0.15) is 5.60 Å². The molecule has 1 saturated heterocycles. The Morgan fingerprint density at radius 3 is 2.05 bits per heavy atom. The van der Waals surface area contributed by atoms with E-state index >= 15 is 0 Å². The first-order chi connectivity index (χ1) is 9.87. The Kier molecular flexibility index (Phi) is 4.52. The second kappa shape index (κ2) is 5.92. The first kappa shape index (κ1) is 16.8. The number of carbonyl (C=O) groups excluding carboxylic acids is 1. The van der Waals surface area contributed by atoms with Crippen molar-refractivity contribution in [3.05, 3.63) is 35.4 Å². The van der Waals surface area contributed by atoms with Gasteiger partial charge in [0.05, 0.1) is 0 Å². The second-order valence-electron chi connectivity index (χ2n) is 7.59. The van der Waals surface area contributed by atoms with Crippen LogP contribution in [0.25, 0.3) is 0 Å². The van der Waals surface area contributed by atoms with Crippen LogP contribution in [0.3, 0.4) is 0 Å². The zero-order valence-corrected chi connectivity index (χ0v) is 13.8. The third kappa shape index (κ3) is 3.43. The molecule has 3 rings (SSSR count). The number of benzene rings is 1. The molecule has 0 radical (unpaired) electrons. The third-order valence-electron chi connectivity index (χ3n) is 4.73. The number of ether oxygens (including phenoxy) is 1. The summed E-state index contributed by atoms with van der Waals surface area (Å²) in [5.41, 5.74) is 2.98. The van der Waals surface area contributed by atoms with Gasteiger partial charge in [-0.05, 0) is 63.0 Å². The van der Waals surface area contributed by atoms with Gasteiger partial charge in [-0.3, -0.25) is 0 Å². The number of nitrogens with zero attached hydrogens (tertiary/aromatic N) is 1. The maximum absolute atomic E-state index is 12.1. The Hall–Kier alpha value is -1.55. The van der Waals surface area contributed by atoms with Gasteiger partial charge in [0.2, 0.25) is 0 Å². The van der Waals surface area contributed by atoms with E-state index in [1.807, 2.05) is 25.7 Å². The van der Waals surface area contributed by atoms with Crippen molar-refractivity contribution in [2.75, 3.05) is 13.1 Å². The minimum atomic E-state index is -0.407. The highest BCUT2D eigenvalue weighted by atomic mass is 16.6. The van der Waals surface area contributed by atoms with Crippen molar-refractivity contribution in [3.8, 4) is 0 Å². The lowest BCUT2D eigenvalue weighted by Crippen LogP contribution is -2.45. The van der Waals surface area contributed by atoms with E-state index in [-0.39, 0.29) is 11.6 Å². The van der Waals surface area contributed by atoms with Gasteiger partial charge in [0.25, 0.3) is 0 Å². The van der Waals surface area contributed by atoms with Gasteiger partial charge in [-0.1, -0.05) is 24.3 Å². The molecule has 4 heteroatoms. The van der Waals surface area contributed by atoms with Gasteiger partial charge < -0.3 is 15.1 Å². The van der Waals surface area contributed by atoms with Crippen molar-refractivity contribution in [2.45, 2.75) is 52.1 Å². The zero-order chi connectivity index (χ0) is 15.1. The van der Waals surface area contributed by atoms with E-state index < -0.39 is 5.60 Å². The summed E-state index contributed by atoms with van der Waals surface area (Å²) in [5.74, 6) is 0. The van der Waals surface area contributed by atoms with E-state index in [9.17, 15) is 4.79 Å². The first-order valence-electron chi connectivity index (χ1n) is 7.92. The van der Waals surface area contributed by atoms with Crippen LogP contribution in [-0.4, -0.2) is 35.2 Å². The average molecular weight is 305 g/mol. The van der Waals surface area contributed by atoms with Crippen molar-refractivity contribution in [1.29, 1.82) is 0 Å². The summed E-state index contributed by atoms with van der Waals surface area (Å²) in [6.07, 6.45) is 4.35. The molecule has 1 aromatic rings. The van der Waals surface area contributed by atoms with Gasteiger partial charge in [-0.2, -0.15) is 0 Å². The monoisotopic (exact) mass is 305 g/mol. The average Bonchev–Trinajstić information content (AvgIpc) is 2.75. The molecule has 1 aliphatic heterocycles. The summed E-state index contributed by atoms with van der Waals surface area (Å²) in [4.78, 5) is 14.0. The third-order valence-corrected chi connectivity index (χ3v) is 4.73. The number of fused-ring (bicyclic) bond motifs is 1. The summed E-state index contributed by atoms with van der Waals surface area (Å²) in [5, 5.41) is 0. The van der Waals surface area contributed by atoms with Crippen molar-refractivity contribution < 1.29 is 15.0 Å². The van der Waals surface area contributed by atoms with E-state index in [1.165, 1.54) is 24.0 Å². The van der Waals surface area contributed by atoms with Crippen LogP contribution in [0, 0.1) is 5.41 Å². The van der Waals surface area contributed by atoms with Gasteiger partial charge >= 0.3 is 6.09 Å². The van der Waals surface area contributed by atoms with Crippen molar-refractivity contribution in [2.24, 2.45) is 5.41 Å². The molecule has 22 heavy (non-hydrogen) atoms. The molecule has 0 unspecified atom stereocenters. The summed E-state index contributed by atoms with van der Waals surface area (Å²) in [7, 11) is 0. The van der Waals surface area contributed by atoms with Gasteiger partial charge in [-0.15, -0.1) is 0 Å². The van der Waals surface area contributed by atoms with Gasteiger partial charge in [0, 0.05) is 13.1 Å². The summed E-state index contributed by atoms with van der Waals surface area (Å²) < 4.78 is 5.48. The Morgan fingerprint density at radius 2 is 1.59 bits per heavy atom. The van der Waals surface area contributed by atoms with Crippen LogP contribution >= 0.6 is 0 Å². The Bertz CT molecular complexity index is 513. The lowest BCUT2D eigenvalue weighted by Gasteiger charge is -2.39. The van der Waals surface area contributed by atoms with Crippen LogP contribution in [0.5, 0.6) is 0 Å². The maximum atomic E-state index is 12.1. The maximum Gasteiger partial charge on any atom is 0.410 e. The number of rotatable bonds is 0. The first-order valence-corrected chi connectivity index (χ1v) is 7.92. The Morgan fingerprint density at radius 1 is 1.09 bits per heavy atom. The van der Waals surface area contributed by atoms with Crippen LogP contribution < -0.4 is 0 Å². The molecule has 0 atom stereocenters. The summed E-state index contributed by atoms with van der Waals surface area (Å²) in [6, 6.07) is 8.77. The van der Waals surface area contributed by atoms with Crippen LogP contribution in [0.2, 0.25) is 0 Å². The fraction of sp³-hybridized carbons (Fsp3) is 0.611. The smallest absolute Gasteiger partial charge is 0.410 e. The lowest BCUT2D eigenvalue weighted by atomic mass is 9.76. The number of likely N-dealkylation sites (tertiary alicyclic amines) is 1. The molecule has 2 aliphatic rings. The standard InChI is InChI=1S/C18H25NO2.H2O/c1-17(2,3)21-16(20)19-10-8-18(9-11-19)12-14-6-4-5-7-15(14)13-18;/h4-7H,8-13H2,1-3H3;1H2. The molecule has 1 fully saturated rings. The minimum Gasteiger partial charge on any atom is -0.444 e. The van der Waals surface area contributed by atoms with Crippen LogP contribution in [0.4, 0.5) is 4.79 Å². The van der Waals surface area contributed by atoms with Crippen molar-refractivity contribution >= 4 is 6.09 Å². The molecule has 1 amide bonds. The molecular weight excluding hydrogens is 278 g/mol. The van der Waals surface area contributed by atoms with Crippen LogP contribution in [0.1, 0.15) is 44.7 Å². The molecule has 1 spiro atoms. The fourth-order valence-electron chi connectivity index (χ4n) is 3.62. The molecule has 0 saturated carbocycles. The van der Waals surface area contributed by atoms with Crippen LogP contribution in [-0.2, 0) is 17.6 Å². The number of hydrogen-bond acceptors (Lipinski definition) is 2. The molecule has 1 aromatic carbocycles. The molecule has 1 heterocycles. The highest BCUT2D eigenvalue weighted by Crippen LogP contribution is 2.44. The molecule has 2 N–H and O–H groups in total. The predicted octanol–water partition coefficient (Wildman–Crippen LogP) is 2.98. The minimum absolute atomic E-state index is 0. The normalized spacial score (nSPS) is 19.5. The molecule has 0 aromatic heterocycles. The summed E-state index contributed by atoms with van der Waals surface area (Å²) in [6.45, 7) is 7.41. The Labute approximate surface area is 132 Å². The Balaban J connectivity index is 0.00000176. The number of carbonyl (C=O) groups is 1. The lowest BCUT2D eigenvalue weighted by molar-refractivity contribution is 0.0111. The van der Waals surface area contributed by atoms with Crippen molar-refractivity contribution in [3.63, 3.8) is 0 Å². The number of piperidine rings is 1. The van der Waals surface area contributed by atoms with Crippen molar-refractivity contribution in [1.82, 2.24) is 4.90 Å². The highest BCUT2D eigenvalue weighted by molar-refractivity contribution is 5.68. The van der Waals surface area contributed by atoms with Crippen LogP contribution in [0.15, 0.2) is 24.3 Å². The fourth-order valence-corrected chi connectivity index (χ4v) is 3.62. The topological polar surface area (TPSA) is 61.0 Å². The second-order valence-corrected chi connectivity index (χ2v) is 7.59. The SMILES string of the molecule is CC(C)(C)OC(=O)N1CCC2(CC1)Cc1ccccc1C2.O. The zero-order valence-electron chi connectivity index (χ0n) is 13.8. The molecule has 122 valence electrons. The van der Waals surface area contributed by atoms with Gasteiger partial charge in [0.15, 0.2) is 0 Å². The highest BCUT2D eigenvalue weighted by Gasteiger charge is 2.41. The van der Waals surface area contributed by atoms with E-state index in [0.29, 0.717) is 5.41 Å². The predicted molar refractivity (Wildman–Crippen MR) is 86.9 cm³/mol. The van der Waals surface area contributed by atoms with E-state index in [2.05, 4.69) is 24.3 Å².